The van der Waals surface area contributed by atoms with Gasteiger partial charge in [-0.25, -0.2) is 0 Å². The molecule has 0 unspecified atom stereocenters. The van der Waals surface area contributed by atoms with Crippen molar-refractivity contribution in [3.63, 3.8) is 0 Å². The summed E-state index contributed by atoms with van der Waals surface area (Å²) in [5.74, 6) is 3.18. The van der Waals surface area contributed by atoms with Crippen LogP contribution in [0, 0.1) is 6.92 Å². The van der Waals surface area contributed by atoms with Crippen molar-refractivity contribution in [2.24, 2.45) is 0 Å². The van der Waals surface area contributed by atoms with Gasteiger partial charge < -0.3 is 9.32 Å². The van der Waals surface area contributed by atoms with E-state index in [4.69, 9.17) is 4.42 Å². The Labute approximate surface area is 139 Å². The van der Waals surface area contributed by atoms with Gasteiger partial charge in [0.05, 0.1) is 5.69 Å². The van der Waals surface area contributed by atoms with Gasteiger partial charge in [-0.05, 0) is 19.9 Å². The molecule has 0 atom stereocenters. The standard InChI is InChI=1S/C15H21N5O2S/c1-3-20-12(10-11(2)18-20)15-17-16-13(22-15)4-5-14(21)19-6-8-23-9-7-19/h10H,3-9H2,1-2H3. The van der Waals surface area contributed by atoms with Crippen molar-refractivity contribution in [3.8, 4) is 11.6 Å². The molecule has 7 nitrogen and oxygen atoms in total. The first kappa shape index (κ1) is 16.0. The molecule has 0 N–H and O–H groups in total. The van der Waals surface area contributed by atoms with Crippen LogP contribution in [0.4, 0.5) is 0 Å². The molecule has 2 aromatic rings. The quantitative estimate of drug-likeness (QED) is 0.829. The van der Waals surface area contributed by atoms with Gasteiger partial charge in [0.1, 0.15) is 5.69 Å². The Morgan fingerprint density at radius 2 is 2.13 bits per heavy atom. The number of aryl methyl sites for hydroxylation is 3. The maximum absolute atomic E-state index is 12.2. The molecule has 1 saturated heterocycles. The van der Waals surface area contributed by atoms with Crippen molar-refractivity contribution in [1.82, 2.24) is 24.9 Å². The summed E-state index contributed by atoms with van der Waals surface area (Å²) < 4.78 is 7.54. The van der Waals surface area contributed by atoms with E-state index in [2.05, 4.69) is 15.3 Å². The van der Waals surface area contributed by atoms with Gasteiger partial charge in [0, 0.05) is 44.0 Å². The number of carbonyl (C=O) groups is 1. The zero-order valence-electron chi connectivity index (χ0n) is 13.5. The van der Waals surface area contributed by atoms with Gasteiger partial charge in [0.25, 0.3) is 5.89 Å². The Kier molecular flexibility index (Phi) is 5.00. The molecule has 3 heterocycles. The number of thioether (sulfide) groups is 1. The fourth-order valence-electron chi connectivity index (χ4n) is 2.60. The van der Waals surface area contributed by atoms with Gasteiger partial charge in [-0.2, -0.15) is 16.9 Å². The second-order valence-corrected chi connectivity index (χ2v) is 6.71. The van der Waals surface area contributed by atoms with Gasteiger partial charge >= 0.3 is 0 Å². The van der Waals surface area contributed by atoms with Gasteiger partial charge in [-0.1, -0.05) is 0 Å². The third-order valence-electron chi connectivity index (χ3n) is 3.80. The maximum Gasteiger partial charge on any atom is 0.265 e. The molecule has 23 heavy (non-hydrogen) atoms. The molecule has 2 aromatic heterocycles. The highest BCUT2D eigenvalue weighted by Gasteiger charge is 2.19. The van der Waals surface area contributed by atoms with E-state index in [1.165, 1.54) is 0 Å². The predicted octanol–water partition coefficient (Wildman–Crippen LogP) is 1.77. The summed E-state index contributed by atoms with van der Waals surface area (Å²) in [5, 5.41) is 12.5. The van der Waals surface area contributed by atoms with Crippen molar-refractivity contribution in [1.29, 1.82) is 0 Å². The van der Waals surface area contributed by atoms with Crippen LogP contribution >= 0.6 is 11.8 Å². The molecule has 0 saturated carbocycles. The number of carbonyl (C=O) groups excluding carboxylic acids is 1. The summed E-state index contributed by atoms with van der Waals surface area (Å²) in [4.78, 5) is 14.1. The molecule has 1 aliphatic rings. The highest BCUT2D eigenvalue weighted by atomic mass is 32.2. The van der Waals surface area contributed by atoms with E-state index in [-0.39, 0.29) is 5.91 Å². The summed E-state index contributed by atoms with van der Waals surface area (Å²) in [6, 6.07) is 1.93. The van der Waals surface area contributed by atoms with Crippen LogP contribution in [-0.4, -0.2) is 55.4 Å². The Morgan fingerprint density at radius 3 is 2.87 bits per heavy atom. The van der Waals surface area contributed by atoms with Crippen molar-refractivity contribution < 1.29 is 9.21 Å². The number of nitrogens with zero attached hydrogens (tertiary/aromatic N) is 5. The van der Waals surface area contributed by atoms with Crippen LogP contribution in [0.2, 0.25) is 0 Å². The number of amides is 1. The second kappa shape index (κ2) is 7.16. The molecule has 0 radical (unpaired) electrons. The number of aromatic nitrogens is 4. The summed E-state index contributed by atoms with van der Waals surface area (Å²) in [5.41, 5.74) is 1.74. The van der Waals surface area contributed by atoms with Crippen LogP contribution in [0.3, 0.4) is 0 Å². The number of hydrogen-bond donors (Lipinski definition) is 0. The van der Waals surface area contributed by atoms with E-state index in [0.29, 0.717) is 24.6 Å². The molecular weight excluding hydrogens is 314 g/mol. The third kappa shape index (κ3) is 3.74. The first-order valence-electron chi connectivity index (χ1n) is 7.90. The smallest absolute Gasteiger partial charge is 0.265 e. The van der Waals surface area contributed by atoms with E-state index < -0.39 is 0 Å². The maximum atomic E-state index is 12.2. The predicted molar refractivity (Wildman–Crippen MR) is 88.2 cm³/mol. The average Bonchev–Trinajstić information content (AvgIpc) is 3.19. The molecule has 124 valence electrons. The Hall–Kier alpha value is -1.83. The first-order valence-corrected chi connectivity index (χ1v) is 9.05. The molecule has 0 spiro atoms. The van der Waals surface area contributed by atoms with Crippen LogP contribution in [0.5, 0.6) is 0 Å². The number of rotatable bonds is 5. The zero-order valence-corrected chi connectivity index (χ0v) is 14.3. The largest absolute Gasteiger partial charge is 0.419 e. The normalized spacial score (nSPS) is 15.1. The van der Waals surface area contributed by atoms with Gasteiger partial charge in [0.15, 0.2) is 0 Å². The molecule has 0 aliphatic carbocycles. The lowest BCUT2D eigenvalue weighted by molar-refractivity contribution is -0.130. The van der Waals surface area contributed by atoms with Crippen molar-refractivity contribution >= 4 is 17.7 Å². The van der Waals surface area contributed by atoms with Crippen LogP contribution in [0.25, 0.3) is 11.6 Å². The van der Waals surface area contributed by atoms with E-state index >= 15 is 0 Å². The Bertz CT molecular complexity index is 675. The number of hydrogen-bond acceptors (Lipinski definition) is 6. The fraction of sp³-hybridized carbons (Fsp3) is 0.600. The topological polar surface area (TPSA) is 77.1 Å². The lowest BCUT2D eigenvalue weighted by Crippen LogP contribution is -2.37. The molecule has 1 amide bonds. The van der Waals surface area contributed by atoms with Crippen LogP contribution in [0.1, 0.15) is 24.9 Å². The molecule has 8 heteroatoms. The molecule has 0 aromatic carbocycles. The van der Waals surface area contributed by atoms with E-state index in [1.807, 2.05) is 41.3 Å². The zero-order chi connectivity index (χ0) is 16.2. The SMILES string of the molecule is CCn1nc(C)cc1-c1nnc(CCC(=O)N2CCSCC2)o1. The second-order valence-electron chi connectivity index (χ2n) is 5.48. The Balaban J connectivity index is 1.62. The van der Waals surface area contributed by atoms with Crippen molar-refractivity contribution in [2.75, 3.05) is 24.6 Å². The van der Waals surface area contributed by atoms with Gasteiger partial charge in [-0.3, -0.25) is 9.48 Å². The molecule has 3 rings (SSSR count). The molecular formula is C15H21N5O2S. The average molecular weight is 335 g/mol. The van der Waals surface area contributed by atoms with Crippen molar-refractivity contribution in [2.45, 2.75) is 33.2 Å². The molecule has 0 bridgehead atoms. The summed E-state index contributed by atoms with van der Waals surface area (Å²) in [6.45, 7) is 6.37. The molecule has 1 fully saturated rings. The molecule has 1 aliphatic heterocycles. The highest BCUT2D eigenvalue weighted by Crippen LogP contribution is 2.20. The van der Waals surface area contributed by atoms with Crippen LogP contribution in [0.15, 0.2) is 10.5 Å². The fourth-order valence-corrected chi connectivity index (χ4v) is 3.50. The van der Waals surface area contributed by atoms with Crippen LogP contribution in [-0.2, 0) is 17.8 Å². The minimum absolute atomic E-state index is 0.166. The third-order valence-corrected chi connectivity index (χ3v) is 4.75. The Morgan fingerprint density at radius 1 is 1.35 bits per heavy atom. The monoisotopic (exact) mass is 335 g/mol. The summed E-state index contributed by atoms with van der Waals surface area (Å²) in [7, 11) is 0. The highest BCUT2D eigenvalue weighted by molar-refractivity contribution is 7.99. The van der Waals surface area contributed by atoms with E-state index in [0.717, 1.165) is 42.5 Å². The summed E-state index contributed by atoms with van der Waals surface area (Å²) >= 11 is 1.89. The van der Waals surface area contributed by atoms with E-state index in [1.54, 1.807) is 0 Å². The first-order chi connectivity index (χ1) is 11.2. The van der Waals surface area contributed by atoms with E-state index in [9.17, 15) is 4.79 Å². The lowest BCUT2D eigenvalue weighted by atomic mass is 10.2. The minimum atomic E-state index is 0.166. The van der Waals surface area contributed by atoms with Crippen LogP contribution < -0.4 is 0 Å². The lowest BCUT2D eigenvalue weighted by Gasteiger charge is -2.26. The minimum Gasteiger partial charge on any atom is -0.419 e. The van der Waals surface area contributed by atoms with Crippen molar-refractivity contribution in [3.05, 3.63) is 17.7 Å². The van der Waals surface area contributed by atoms with Gasteiger partial charge in [0.2, 0.25) is 11.8 Å². The summed E-state index contributed by atoms with van der Waals surface area (Å²) in [6.07, 6.45) is 0.896. The van der Waals surface area contributed by atoms with Gasteiger partial charge in [-0.15, -0.1) is 10.2 Å².